The third-order valence-electron chi connectivity index (χ3n) is 3.05. The molecule has 0 amide bonds. The Hall–Kier alpha value is -1.77. The lowest BCUT2D eigenvalue weighted by Gasteiger charge is -2.04. The summed E-state index contributed by atoms with van der Waals surface area (Å²) in [7, 11) is 0. The average Bonchev–Trinajstić information content (AvgIpc) is 2.49. The second-order valence-corrected chi connectivity index (χ2v) is 5.36. The first kappa shape index (κ1) is 15.6. The number of halogens is 2. The highest BCUT2D eigenvalue weighted by molar-refractivity contribution is 6.36. The van der Waals surface area contributed by atoms with Gasteiger partial charge in [0.15, 0.2) is 5.78 Å². The van der Waals surface area contributed by atoms with Gasteiger partial charge in [0.05, 0.1) is 10.7 Å². The van der Waals surface area contributed by atoms with Crippen molar-refractivity contribution in [3.8, 4) is 0 Å². The summed E-state index contributed by atoms with van der Waals surface area (Å²) in [6, 6.07) is 12.7. The van der Waals surface area contributed by atoms with Crippen molar-refractivity contribution in [1.82, 2.24) is 0 Å². The van der Waals surface area contributed by atoms with Crippen LogP contribution in [0.3, 0.4) is 0 Å². The molecule has 2 rings (SSSR count). The van der Waals surface area contributed by atoms with Gasteiger partial charge in [-0.3, -0.25) is 4.79 Å². The predicted octanol–water partition coefficient (Wildman–Crippen LogP) is 5.36. The van der Waals surface area contributed by atoms with E-state index in [4.69, 9.17) is 23.2 Å². The van der Waals surface area contributed by atoms with Crippen LogP contribution in [0.4, 0.5) is 5.69 Å². The van der Waals surface area contributed by atoms with Crippen molar-refractivity contribution in [3.05, 3.63) is 75.9 Å². The fraction of sp³-hybridized carbons (Fsp3) is 0.118. The molecule has 0 spiro atoms. The SMILES string of the molecule is CCc1ccc(C(=O)/C=C\Nc2ccc(Cl)cc2Cl)cc1. The molecule has 21 heavy (non-hydrogen) atoms. The molecule has 0 saturated carbocycles. The first-order valence-electron chi connectivity index (χ1n) is 6.61. The molecule has 0 heterocycles. The summed E-state index contributed by atoms with van der Waals surface area (Å²) in [5.74, 6) is -0.0600. The quantitative estimate of drug-likeness (QED) is 0.593. The van der Waals surface area contributed by atoms with Crippen LogP contribution in [0.5, 0.6) is 0 Å². The number of aryl methyl sites for hydroxylation is 1. The number of nitrogens with one attached hydrogen (secondary N) is 1. The van der Waals surface area contributed by atoms with Crippen LogP contribution in [0.2, 0.25) is 10.0 Å². The first-order chi connectivity index (χ1) is 10.1. The molecule has 2 aromatic carbocycles. The zero-order valence-electron chi connectivity index (χ0n) is 11.6. The fourth-order valence-corrected chi connectivity index (χ4v) is 2.28. The van der Waals surface area contributed by atoms with Crippen molar-refractivity contribution < 1.29 is 4.79 Å². The molecule has 2 nitrogen and oxygen atoms in total. The summed E-state index contributed by atoms with van der Waals surface area (Å²) in [6.45, 7) is 2.08. The normalized spacial score (nSPS) is 10.8. The van der Waals surface area contributed by atoms with Crippen LogP contribution in [0.15, 0.2) is 54.7 Å². The lowest BCUT2D eigenvalue weighted by Crippen LogP contribution is -1.97. The van der Waals surface area contributed by atoms with Crippen LogP contribution in [-0.2, 0) is 6.42 Å². The van der Waals surface area contributed by atoms with E-state index in [-0.39, 0.29) is 5.78 Å². The van der Waals surface area contributed by atoms with Crippen LogP contribution < -0.4 is 5.32 Å². The summed E-state index contributed by atoms with van der Waals surface area (Å²) < 4.78 is 0. The second-order valence-electron chi connectivity index (χ2n) is 4.52. The summed E-state index contributed by atoms with van der Waals surface area (Å²) in [6.07, 6.45) is 4.01. The van der Waals surface area contributed by atoms with E-state index < -0.39 is 0 Å². The number of rotatable bonds is 5. The summed E-state index contributed by atoms with van der Waals surface area (Å²) in [5, 5.41) is 4.05. The highest BCUT2D eigenvalue weighted by Crippen LogP contribution is 2.25. The van der Waals surface area contributed by atoms with Gasteiger partial charge in [0.1, 0.15) is 0 Å². The van der Waals surface area contributed by atoms with E-state index in [1.165, 1.54) is 11.6 Å². The number of hydrogen-bond acceptors (Lipinski definition) is 2. The zero-order valence-corrected chi connectivity index (χ0v) is 13.1. The van der Waals surface area contributed by atoms with Gasteiger partial charge in [0.2, 0.25) is 0 Å². The van der Waals surface area contributed by atoms with Crippen LogP contribution in [0, 0.1) is 0 Å². The van der Waals surface area contributed by atoms with Gasteiger partial charge in [0.25, 0.3) is 0 Å². The highest BCUT2D eigenvalue weighted by Gasteiger charge is 2.02. The molecule has 0 atom stereocenters. The molecule has 0 aromatic heterocycles. The minimum atomic E-state index is -0.0600. The molecular formula is C17H15Cl2NO. The van der Waals surface area contributed by atoms with Gasteiger partial charge in [-0.25, -0.2) is 0 Å². The summed E-state index contributed by atoms with van der Waals surface area (Å²) in [4.78, 5) is 12.0. The number of carbonyl (C=O) groups is 1. The predicted molar refractivity (Wildman–Crippen MR) is 89.4 cm³/mol. The van der Waals surface area contributed by atoms with E-state index in [9.17, 15) is 4.79 Å². The fourth-order valence-electron chi connectivity index (χ4n) is 1.81. The number of benzene rings is 2. The molecule has 108 valence electrons. The number of carbonyl (C=O) groups excluding carboxylic acids is 1. The standard InChI is InChI=1S/C17H15Cl2NO/c1-2-12-3-5-13(6-4-12)17(21)9-10-20-16-8-7-14(18)11-15(16)19/h3-11,20H,2H2,1H3/b10-9-. The van der Waals surface area contributed by atoms with E-state index in [1.807, 2.05) is 24.3 Å². The third-order valence-corrected chi connectivity index (χ3v) is 3.60. The van der Waals surface area contributed by atoms with Crippen molar-refractivity contribution >= 4 is 34.7 Å². The molecular weight excluding hydrogens is 305 g/mol. The number of allylic oxidation sites excluding steroid dienone is 1. The van der Waals surface area contributed by atoms with E-state index in [0.29, 0.717) is 21.3 Å². The maximum atomic E-state index is 12.0. The molecule has 0 radical (unpaired) electrons. The zero-order chi connectivity index (χ0) is 15.2. The van der Waals surface area contributed by atoms with Gasteiger partial charge < -0.3 is 5.32 Å². The number of hydrogen-bond donors (Lipinski definition) is 1. The largest absolute Gasteiger partial charge is 0.360 e. The molecule has 0 aliphatic rings. The minimum absolute atomic E-state index is 0.0600. The monoisotopic (exact) mass is 319 g/mol. The number of ketones is 1. The second kappa shape index (κ2) is 7.30. The Bertz CT molecular complexity index is 663. The first-order valence-corrected chi connectivity index (χ1v) is 7.37. The smallest absolute Gasteiger partial charge is 0.187 e. The van der Waals surface area contributed by atoms with Gasteiger partial charge >= 0.3 is 0 Å². The van der Waals surface area contributed by atoms with E-state index >= 15 is 0 Å². The van der Waals surface area contributed by atoms with Crippen LogP contribution >= 0.6 is 23.2 Å². The summed E-state index contributed by atoms with van der Waals surface area (Å²) >= 11 is 11.9. The molecule has 0 bridgehead atoms. The molecule has 0 aliphatic carbocycles. The van der Waals surface area contributed by atoms with Gasteiger partial charge in [-0.2, -0.15) is 0 Å². The molecule has 0 aliphatic heterocycles. The van der Waals surface area contributed by atoms with Gasteiger partial charge in [-0.05, 0) is 30.2 Å². The molecule has 0 saturated heterocycles. The molecule has 0 unspecified atom stereocenters. The minimum Gasteiger partial charge on any atom is -0.360 e. The van der Waals surface area contributed by atoms with Crippen molar-refractivity contribution in [3.63, 3.8) is 0 Å². The molecule has 4 heteroatoms. The average molecular weight is 320 g/mol. The van der Waals surface area contributed by atoms with Crippen LogP contribution in [-0.4, -0.2) is 5.78 Å². The number of anilines is 1. The van der Waals surface area contributed by atoms with Crippen LogP contribution in [0.1, 0.15) is 22.8 Å². The Morgan fingerprint density at radius 2 is 1.86 bits per heavy atom. The summed E-state index contributed by atoms with van der Waals surface area (Å²) in [5.41, 5.74) is 2.57. The van der Waals surface area contributed by atoms with Crippen molar-refractivity contribution in [2.45, 2.75) is 13.3 Å². The molecule has 2 aromatic rings. The molecule has 1 N–H and O–H groups in total. The molecule has 0 fully saturated rings. The van der Waals surface area contributed by atoms with Crippen molar-refractivity contribution in [2.75, 3.05) is 5.32 Å². The van der Waals surface area contributed by atoms with E-state index in [0.717, 1.165) is 6.42 Å². The maximum Gasteiger partial charge on any atom is 0.187 e. The topological polar surface area (TPSA) is 29.1 Å². The Labute approximate surface area is 134 Å². The maximum absolute atomic E-state index is 12.0. The third kappa shape index (κ3) is 4.35. The lowest BCUT2D eigenvalue weighted by molar-refractivity contribution is 0.104. The van der Waals surface area contributed by atoms with Gasteiger partial charge in [-0.1, -0.05) is 54.4 Å². The van der Waals surface area contributed by atoms with E-state index in [2.05, 4.69) is 12.2 Å². The van der Waals surface area contributed by atoms with E-state index in [1.54, 1.807) is 24.4 Å². The highest BCUT2D eigenvalue weighted by atomic mass is 35.5. The Morgan fingerprint density at radius 3 is 2.48 bits per heavy atom. The Morgan fingerprint density at radius 1 is 1.14 bits per heavy atom. The van der Waals surface area contributed by atoms with Crippen LogP contribution in [0.25, 0.3) is 0 Å². The lowest BCUT2D eigenvalue weighted by atomic mass is 10.1. The van der Waals surface area contributed by atoms with Crippen molar-refractivity contribution in [1.29, 1.82) is 0 Å². The van der Waals surface area contributed by atoms with Gasteiger partial charge in [0, 0.05) is 22.9 Å². The Kier molecular flexibility index (Phi) is 5.43. The van der Waals surface area contributed by atoms with Gasteiger partial charge in [-0.15, -0.1) is 0 Å². The Balaban J connectivity index is 2.01. The van der Waals surface area contributed by atoms with Crippen molar-refractivity contribution in [2.24, 2.45) is 0 Å².